The molecule has 4 heterocycles. The second kappa shape index (κ2) is 26.2. The summed E-state index contributed by atoms with van der Waals surface area (Å²) in [4.78, 5) is 62.1. The summed E-state index contributed by atoms with van der Waals surface area (Å²) in [6.07, 6.45) is 19.3. The van der Waals surface area contributed by atoms with Gasteiger partial charge in [0.25, 0.3) is 0 Å². The molecule has 3 fully saturated rings. The lowest BCUT2D eigenvalue weighted by atomic mass is 10.1. The Bertz CT molecular complexity index is 1580. The normalized spacial score (nSPS) is 17.8. The molecule has 0 radical (unpaired) electrons. The zero-order chi connectivity index (χ0) is 39.8. The van der Waals surface area contributed by atoms with Gasteiger partial charge in [0.1, 0.15) is 11.5 Å². The highest BCUT2D eigenvalue weighted by atomic mass is 32.1. The van der Waals surface area contributed by atoms with Crippen molar-refractivity contribution in [1.82, 2.24) is 24.4 Å². The van der Waals surface area contributed by atoms with Gasteiger partial charge >= 0.3 is 5.97 Å². The standard InChI is InChI=1S/C12H23NO.C11H10N4OS.C7H10O2.C6H9NO.C2H5N.CH2O/c1-3-4-5-6-9-12(14)13-10-7-8-11(13)2;1-15-5-4-12-10(15)9-13-7-3-6-17-8(7)11(14-9)16-2;1-2-3-5-4-6(5)7(8)9;1-7-6(8)4-5-2-3-5;1-3-2;1-2/h11H,3-10H2,1-2H3;3-6H,1-2H3;2-3,5-6H,4H2,1H3,(H,8,9);5H,1-4H2;1H2,2H3;1H2/b;;3-2-;;;. The number of methoxy groups -OCH3 is 1. The maximum Gasteiger partial charge on any atom is 0.307 e. The number of ether oxygens (including phenoxy) is 1. The van der Waals surface area contributed by atoms with Gasteiger partial charge in [-0.3, -0.25) is 14.4 Å². The van der Waals surface area contributed by atoms with Gasteiger partial charge in [0, 0.05) is 51.9 Å². The topological polar surface area (TPSA) is 169 Å². The van der Waals surface area contributed by atoms with Crippen molar-refractivity contribution >= 4 is 59.6 Å². The quantitative estimate of drug-likeness (QED) is 0.118. The molecule has 0 bridgehead atoms. The Morgan fingerprint density at radius 3 is 2.32 bits per heavy atom. The SMILES string of the molecule is C/C=C\C1CC1C(=O)O.C=NC.C=NC(=O)CC1CC1.C=O.CCCCCCC(=O)N1CCCC1C.COc1nc(-c2nccn2C)nc2ccsc12. The summed E-state index contributed by atoms with van der Waals surface area (Å²) in [6, 6.07) is 2.45. The Hall–Kier alpha value is -4.59. The number of nitrogens with zero attached hydrogens (tertiary/aromatic N) is 7. The number of aryl methyl sites for hydroxylation is 1. The number of fused-ring (bicyclic) bond motifs is 1. The fraction of sp³-hybridized carbons (Fsp3) is 0.564. The van der Waals surface area contributed by atoms with Crippen molar-refractivity contribution in [2.24, 2.45) is 34.8 Å². The van der Waals surface area contributed by atoms with Crippen LogP contribution in [0.1, 0.15) is 91.4 Å². The average Bonchev–Trinajstić information content (AvgIpc) is 3.96. The number of carboxylic acid groups (broad SMARTS) is 1. The van der Waals surface area contributed by atoms with E-state index < -0.39 is 5.97 Å². The number of imidazole rings is 1. The number of unbranched alkanes of at least 4 members (excludes halogenated alkanes) is 3. The van der Waals surface area contributed by atoms with E-state index in [0.717, 1.165) is 41.8 Å². The number of hydrogen-bond acceptors (Lipinski definition) is 10. The van der Waals surface area contributed by atoms with E-state index >= 15 is 0 Å². The van der Waals surface area contributed by atoms with Crippen molar-refractivity contribution < 1.29 is 29.0 Å². The fourth-order valence-corrected chi connectivity index (χ4v) is 6.20. The number of allylic oxidation sites excluding steroid dienone is 2. The summed E-state index contributed by atoms with van der Waals surface area (Å²) in [5.74, 6) is 2.48. The summed E-state index contributed by atoms with van der Waals surface area (Å²) in [7, 11) is 5.17. The molecule has 3 aromatic heterocycles. The molecule has 1 aliphatic heterocycles. The lowest BCUT2D eigenvalue weighted by Gasteiger charge is -2.21. The molecule has 0 aromatic carbocycles. The molecule has 2 aliphatic carbocycles. The van der Waals surface area contributed by atoms with Crippen LogP contribution in [0.3, 0.4) is 0 Å². The molecular formula is C39H59N7O6S. The van der Waals surface area contributed by atoms with Gasteiger partial charge in [-0.2, -0.15) is 4.98 Å². The number of amides is 2. The Kier molecular flexibility index (Phi) is 23.0. The van der Waals surface area contributed by atoms with Crippen molar-refractivity contribution in [2.45, 2.75) is 97.4 Å². The van der Waals surface area contributed by atoms with E-state index in [-0.39, 0.29) is 11.8 Å². The van der Waals surface area contributed by atoms with E-state index in [0.29, 0.717) is 41.9 Å². The smallest absolute Gasteiger partial charge is 0.307 e. The van der Waals surface area contributed by atoms with Crippen molar-refractivity contribution in [3.05, 3.63) is 36.0 Å². The van der Waals surface area contributed by atoms with Crippen LogP contribution < -0.4 is 4.74 Å². The maximum absolute atomic E-state index is 11.7. The van der Waals surface area contributed by atoms with Crippen LogP contribution in [0.2, 0.25) is 0 Å². The van der Waals surface area contributed by atoms with Crippen LogP contribution in [-0.2, 0) is 26.2 Å². The highest BCUT2D eigenvalue weighted by molar-refractivity contribution is 7.17. The van der Waals surface area contributed by atoms with Gasteiger partial charge < -0.3 is 29.1 Å². The number of aliphatic carboxylic acids is 1. The van der Waals surface area contributed by atoms with E-state index in [2.05, 4.69) is 57.1 Å². The minimum Gasteiger partial charge on any atom is -0.481 e. The Morgan fingerprint density at radius 1 is 1.13 bits per heavy atom. The predicted octanol–water partition coefficient (Wildman–Crippen LogP) is 7.50. The second-order valence-electron chi connectivity index (χ2n) is 12.8. The Morgan fingerprint density at radius 2 is 1.83 bits per heavy atom. The van der Waals surface area contributed by atoms with Crippen molar-refractivity contribution in [2.75, 3.05) is 20.7 Å². The first kappa shape index (κ1) is 46.4. The minimum atomic E-state index is -0.655. The third-order valence-corrected chi connectivity index (χ3v) is 9.43. The first-order chi connectivity index (χ1) is 25.5. The lowest BCUT2D eigenvalue weighted by Crippen LogP contribution is -2.33. The molecule has 2 amide bonds. The number of carbonyl (C=O) groups is 4. The molecule has 3 unspecified atom stereocenters. The van der Waals surface area contributed by atoms with Crippen LogP contribution in [0.25, 0.3) is 21.9 Å². The molecule has 3 aromatic rings. The lowest BCUT2D eigenvalue weighted by molar-refractivity contribution is -0.138. The zero-order valence-corrected chi connectivity index (χ0v) is 33.2. The number of carbonyl (C=O) groups excluding carboxylic acids is 3. The first-order valence-corrected chi connectivity index (χ1v) is 19.0. The number of carboxylic acids is 1. The van der Waals surface area contributed by atoms with Crippen LogP contribution in [0.4, 0.5) is 0 Å². The molecule has 6 rings (SSSR count). The molecule has 0 spiro atoms. The zero-order valence-electron chi connectivity index (χ0n) is 32.4. The summed E-state index contributed by atoms with van der Waals surface area (Å²) in [5, 5.41) is 10.4. The fourth-order valence-electron chi connectivity index (χ4n) is 5.40. The van der Waals surface area contributed by atoms with Crippen molar-refractivity contribution in [3.63, 3.8) is 0 Å². The number of aromatic nitrogens is 4. The molecule has 2 saturated carbocycles. The van der Waals surface area contributed by atoms with Gasteiger partial charge in [0.2, 0.25) is 17.7 Å². The molecule has 1 saturated heterocycles. The monoisotopic (exact) mass is 753 g/mol. The first-order valence-electron chi connectivity index (χ1n) is 18.1. The van der Waals surface area contributed by atoms with E-state index in [9.17, 15) is 14.4 Å². The second-order valence-corrected chi connectivity index (χ2v) is 13.7. The van der Waals surface area contributed by atoms with E-state index in [1.54, 1.807) is 31.7 Å². The number of rotatable bonds is 11. The Labute approximate surface area is 318 Å². The highest BCUT2D eigenvalue weighted by Crippen LogP contribution is 2.39. The minimum absolute atomic E-state index is 0.0486. The van der Waals surface area contributed by atoms with Gasteiger partial charge in [-0.1, -0.05) is 38.3 Å². The molecule has 3 atom stereocenters. The molecule has 292 valence electrons. The van der Waals surface area contributed by atoms with Gasteiger partial charge in [0.15, 0.2) is 11.6 Å². The summed E-state index contributed by atoms with van der Waals surface area (Å²) in [6.45, 7) is 15.5. The third kappa shape index (κ3) is 17.2. The van der Waals surface area contributed by atoms with Crippen LogP contribution in [0.15, 0.2) is 46.0 Å². The number of thiophene rings is 1. The van der Waals surface area contributed by atoms with Crippen LogP contribution >= 0.6 is 11.3 Å². The van der Waals surface area contributed by atoms with Gasteiger partial charge in [-0.25, -0.2) is 15.0 Å². The summed E-state index contributed by atoms with van der Waals surface area (Å²) in [5.41, 5.74) is 0.889. The van der Waals surface area contributed by atoms with E-state index in [4.69, 9.17) is 14.6 Å². The average molecular weight is 754 g/mol. The molecule has 3 aliphatic rings. The maximum atomic E-state index is 11.7. The molecular weight excluding hydrogens is 695 g/mol. The van der Waals surface area contributed by atoms with Crippen LogP contribution in [-0.4, -0.2) is 94.3 Å². The van der Waals surface area contributed by atoms with Crippen molar-refractivity contribution in [1.29, 1.82) is 0 Å². The molecule has 53 heavy (non-hydrogen) atoms. The number of hydrogen-bond donors (Lipinski definition) is 1. The predicted molar refractivity (Wildman–Crippen MR) is 214 cm³/mol. The molecule has 1 N–H and O–H groups in total. The van der Waals surface area contributed by atoms with Crippen molar-refractivity contribution in [3.8, 4) is 17.5 Å². The van der Waals surface area contributed by atoms with Crippen LogP contribution in [0, 0.1) is 17.8 Å². The Balaban J connectivity index is 0.000000352. The highest BCUT2D eigenvalue weighted by Gasteiger charge is 2.40. The molecule has 13 nitrogen and oxygen atoms in total. The number of aliphatic imine (C=N–C) groups is 2. The van der Waals surface area contributed by atoms with Gasteiger partial charge in [-0.05, 0) is 89.1 Å². The number of likely N-dealkylation sites (tertiary alicyclic amines) is 1. The van der Waals surface area contributed by atoms with E-state index in [1.165, 1.54) is 44.9 Å². The molecule has 14 heteroatoms. The third-order valence-electron chi connectivity index (χ3n) is 8.54. The van der Waals surface area contributed by atoms with E-state index in [1.807, 2.05) is 55.1 Å². The van der Waals surface area contributed by atoms with Gasteiger partial charge in [0.05, 0.1) is 18.5 Å². The largest absolute Gasteiger partial charge is 0.481 e. The summed E-state index contributed by atoms with van der Waals surface area (Å²) >= 11 is 1.57. The summed E-state index contributed by atoms with van der Waals surface area (Å²) < 4.78 is 8.13. The van der Waals surface area contributed by atoms with Gasteiger partial charge in [-0.15, -0.1) is 11.3 Å². The van der Waals surface area contributed by atoms with Crippen LogP contribution in [0.5, 0.6) is 5.88 Å².